The first-order valence-electron chi connectivity index (χ1n) is 9.27. The van der Waals surface area contributed by atoms with E-state index in [-0.39, 0.29) is 24.3 Å². The summed E-state index contributed by atoms with van der Waals surface area (Å²) in [4.78, 5) is 48.4. The Morgan fingerprint density at radius 2 is 2.21 bits per heavy atom. The minimum absolute atomic E-state index is 0.0988. The predicted octanol–water partition coefficient (Wildman–Crippen LogP) is 1.83. The highest BCUT2D eigenvalue weighted by Gasteiger charge is 2.23. The molecule has 3 aromatic heterocycles. The fourth-order valence-electron chi connectivity index (χ4n) is 3.47. The van der Waals surface area contributed by atoms with E-state index in [2.05, 4.69) is 32.7 Å². The van der Waals surface area contributed by atoms with Crippen LogP contribution in [0.2, 0.25) is 0 Å². The minimum Gasteiger partial charge on any atom is -0.357 e. The quantitative estimate of drug-likeness (QED) is 0.500. The third kappa shape index (κ3) is 3.70. The number of hydrazine groups is 1. The van der Waals surface area contributed by atoms with Gasteiger partial charge in [-0.25, -0.2) is 4.98 Å². The summed E-state index contributed by atoms with van der Waals surface area (Å²) in [6.45, 7) is 2.23. The third-order valence-corrected chi connectivity index (χ3v) is 6.11. The van der Waals surface area contributed by atoms with E-state index in [1.54, 1.807) is 29.7 Å². The summed E-state index contributed by atoms with van der Waals surface area (Å²) in [6.07, 6.45) is 5.01. The molecule has 0 saturated carbocycles. The van der Waals surface area contributed by atoms with Crippen molar-refractivity contribution in [1.29, 1.82) is 0 Å². The lowest BCUT2D eigenvalue weighted by Gasteiger charge is -2.17. The van der Waals surface area contributed by atoms with Gasteiger partial charge in [-0.15, -0.1) is 11.3 Å². The van der Waals surface area contributed by atoms with Crippen LogP contribution in [0.5, 0.6) is 0 Å². The number of aromatic nitrogens is 3. The average molecular weight is 399 g/mol. The maximum atomic E-state index is 12.6. The van der Waals surface area contributed by atoms with Gasteiger partial charge in [0.15, 0.2) is 0 Å². The van der Waals surface area contributed by atoms with Gasteiger partial charge in [-0.3, -0.25) is 25.2 Å². The smallest absolute Gasteiger partial charge is 0.286 e. The molecule has 4 N–H and O–H groups in total. The van der Waals surface area contributed by atoms with Crippen LogP contribution in [0.25, 0.3) is 10.2 Å². The van der Waals surface area contributed by atoms with Crippen LogP contribution < -0.4 is 16.4 Å². The predicted molar refractivity (Wildman–Crippen MR) is 106 cm³/mol. The Kier molecular flexibility index (Phi) is 4.99. The van der Waals surface area contributed by atoms with Crippen molar-refractivity contribution in [2.24, 2.45) is 5.92 Å². The number of hydrogen-bond acceptors (Lipinski definition) is 5. The zero-order chi connectivity index (χ0) is 19.7. The maximum Gasteiger partial charge on any atom is 0.286 e. The number of amides is 2. The topological polar surface area (TPSA) is 120 Å². The molecule has 1 unspecified atom stereocenters. The number of carbonyl (C=O) groups excluding carboxylic acids is 2. The van der Waals surface area contributed by atoms with E-state index in [1.807, 2.05) is 0 Å². The molecule has 3 heterocycles. The zero-order valence-electron chi connectivity index (χ0n) is 15.4. The van der Waals surface area contributed by atoms with Crippen LogP contribution in [0.15, 0.2) is 23.1 Å². The van der Waals surface area contributed by atoms with Gasteiger partial charge in [0.05, 0.1) is 5.39 Å². The number of rotatable bonds is 4. The van der Waals surface area contributed by atoms with E-state index >= 15 is 0 Å². The molecule has 8 nitrogen and oxygen atoms in total. The summed E-state index contributed by atoms with van der Waals surface area (Å²) in [7, 11) is 0. The van der Waals surface area contributed by atoms with Crippen molar-refractivity contribution < 1.29 is 9.59 Å². The molecule has 0 bridgehead atoms. The molecule has 0 aromatic carbocycles. The van der Waals surface area contributed by atoms with E-state index < -0.39 is 5.91 Å². The lowest BCUT2D eigenvalue weighted by atomic mass is 9.89. The Hall–Kier alpha value is -2.94. The number of thiophene rings is 1. The third-order valence-electron chi connectivity index (χ3n) is 4.96. The van der Waals surface area contributed by atoms with Crippen LogP contribution >= 0.6 is 11.3 Å². The van der Waals surface area contributed by atoms with E-state index in [4.69, 9.17) is 0 Å². The Balaban J connectivity index is 1.40. The molecule has 28 heavy (non-hydrogen) atoms. The van der Waals surface area contributed by atoms with Gasteiger partial charge in [0.1, 0.15) is 16.3 Å². The largest absolute Gasteiger partial charge is 0.357 e. The number of carbonyl (C=O) groups is 2. The molecular formula is C19H21N5O3S. The molecule has 9 heteroatoms. The van der Waals surface area contributed by atoms with Gasteiger partial charge in [0, 0.05) is 23.9 Å². The van der Waals surface area contributed by atoms with Crippen LogP contribution in [0.4, 0.5) is 0 Å². The summed E-state index contributed by atoms with van der Waals surface area (Å²) in [6, 6.07) is 3.30. The first kappa shape index (κ1) is 18.4. The van der Waals surface area contributed by atoms with Gasteiger partial charge in [0.25, 0.3) is 11.5 Å². The van der Waals surface area contributed by atoms with Crippen LogP contribution in [-0.4, -0.2) is 26.8 Å². The number of H-pyrrole nitrogens is 2. The van der Waals surface area contributed by atoms with Crippen LogP contribution in [0, 0.1) is 5.92 Å². The Bertz CT molecular complexity index is 1080. The standard InChI is InChI=1S/C19H21N5O3S/c1-10-4-5-11-13(9-10)28-19-16(11)18(27)21-14(22-19)6-7-15(25)23-24-17(26)12-3-2-8-20-12/h2-3,8,10,20H,4-7,9H2,1H3,(H,23,25)(H,24,26)(H,21,22,27). The summed E-state index contributed by atoms with van der Waals surface area (Å²) in [5.41, 5.74) is 6.07. The maximum absolute atomic E-state index is 12.6. The van der Waals surface area contributed by atoms with Crippen molar-refractivity contribution >= 4 is 33.4 Å². The molecule has 0 fully saturated rings. The zero-order valence-corrected chi connectivity index (χ0v) is 16.2. The summed E-state index contributed by atoms with van der Waals surface area (Å²) >= 11 is 1.59. The Morgan fingerprint density at radius 1 is 1.36 bits per heavy atom. The highest BCUT2D eigenvalue weighted by atomic mass is 32.1. The van der Waals surface area contributed by atoms with Crippen molar-refractivity contribution in [2.75, 3.05) is 0 Å². The Labute approximate surface area is 164 Å². The first-order valence-corrected chi connectivity index (χ1v) is 10.1. The molecule has 4 rings (SSSR count). The fourth-order valence-corrected chi connectivity index (χ4v) is 4.87. The van der Waals surface area contributed by atoms with Gasteiger partial charge in [-0.2, -0.15) is 0 Å². The van der Waals surface area contributed by atoms with E-state index in [1.165, 1.54) is 4.88 Å². The second kappa shape index (κ2) is 7.59. The number of nitrogens with zero attached hydrogens (tertiary/aromatic N) is 1. The van der Waals surface area contributed by atoms with Gasteiger partial charge in [-0.05, 0) is 42.9 Å². The van der Waals surface area contributed by atoms with E-state index in [0.29, 0.717) is 22.8 Å². The minimum atomic E-state index is -0.426. The van der Waals surface area contributed by atoms with Crippen molar-refractivity contribution in [2.45, 2.75) is 39.0 Å². The molecule has 0 radical (unpaired) electrons. The van der Waals surface area contributed by atoms with Gasteiger partial charge in [-0.1, -0.05) is 6.92 Å². The molecule has 0 aliphatic heterocycles. The molecular weight excluding hydrogens is 378 g/mol. The van der Waals surface area contributed by atoms with Crippen molar-refractivity contribution in [3.63, 3.8) is 0 Å². The van der Waals surface area contributed by atoms with Crippen molar-refractivity contribution in [3.8, 4) is 0 Å². The number of aromatic amines is 2. The van der Waals surface area contributed by atoms with Gasteiger partial charge >= 0.3 is 0 Å². The highest BCUT2D eigenvalue weighted by Crippen LogP contribution is 2.35. The first-order chi connectivity index (χ1) is 13.5. The lowest BCUT2D eigenvalue weighted by Crippen LogP contribution is -2.41. The highest BCUT2D eigenvalue weighted by molar-refractivity contribution is 7.18. The van der Waals surface area contributed by atoms with Crippen molar-refractivity contribution in [3.05, 3.63) is 50.6 Å². The Morgan fingerprint density at radius 3 is 3.00 bits per heavy atom. The molecule has 2 amide bonds. The number of hydrogen-bond donors (Lipinski definition) is 4. The monoisotopic (exact) mass is 399 g/mol. The molecule has 1 atom stereocenters. The number of aryl methyl sites for hydroxylation is 2. The molecule has 0 spiro atoms. The van der Waals surface area contributed by atoms with E-state index in [0.717, 1.165) is 29.7 Å². The fraction of sp³-hybridized carbons (Fsp3) is 0.368. The van der Waals surface area contributed by atoms with Crippen LogP contribution in [0.3, 0.4) is 0 Å². The number of nitrogens with one attached hydrogen (secondary N) is 4. The molecule has 0 saturated heterocycles. The van der Waals surface area contributed by atoms with Gasteiger partial charge in [0.2, 0.25) is 5.91 Å². The van der Waals surface area contributed by atoms with E-state index in [9.17, 15) is 14.4 Å². The van der Waals surface area contributed by atoms with Gasteiger partial charge < -0.3 is 9.97 Å². The average Bonchev–Trinajstić information content (AvgIpc) is 3.31. The molecule has 1 aliphatic carbocycles. The molecule has 1 aliphatic rings. The molecule has 3 aromatic rings. The summed E-state index contributed by atoms with van der Waals surface area (Å²) < 4.78 is 0. The normalized spacial score (nSPS) is 16.0. The van der Waals surface area contributed by atoms with Crippen LogP contribution in [-0.2, 0) is 24.1 Å². The second-order valence-corrected chi connectivity index (χ2v) is 8.21. The van der Waals surface area contributed by atoms with Crippen molar-refractivity contribution in [1.82, 2.24) is 25.8 Å². The SMILES string of the molecule is CC1CCc2c(sc3nc(CCC(=O)NNC(=O)c4ccc[nH]4)[nH]c(=O)c23)C1. The van der Waals surface area contributed by atoms with Crippen LogP contribution in [0.1, 0.15) is 46.5 Å². The second-order valence-electron chi connectivity index (χ2n) is 7.13. The lowest BCUT2D eigenvalue weighted by molar-refractivity contribution is -0.121. The number of fused-ring (bicyclic) bond motifs is 3. The summed E-state index contributed by atoms with van der Waals surface area (Å²) in [5.74, 6) is 0.325. The molecule has 146 valence electrons. The summed E-state index contributed by atoms with van der Waals surface area (Å²) in [5, 5.41) is 0.707.